The number of nitrogens with zero attached hydrogens (tertiary/aromatic N) is 2. The van der Waals surface area contributed by atoms with Crippen molar-refractivity contribution < 1.29 is 5.11 Å². The molecule has 58 valence electrons. The molecule has 2 rings (SSSR count). The molecule has 5 N–H and O–H groups in total. The number of nitrogens with one attached hydrogen (secondary N) is 2. The van der Waals surface area contributed by atoms with Crippen molar-refractivity contribution in [3.05, 3.63) is 6.33 Å². The highest BCUT2D eigenvalue weighted by Gasteiger charge is 2.20. The number of rotatable bonds is 0. The summed E-state index contributed by atoms with van der Waals surface area (Å²) in [5.74, 6) is 0.865. The fraction of sp³-hybridized carbons (Fsp3) is 0.200. The molecular weight excluding hydrogens is 146 g/mol. The Labute approximate surface area is 62.5 Å². The number of aromatic nitrogens is 2. The van der Waals surface area contributed by atoms with Crippen molar-refractivity contribution in [1.82, 2.24) is 9.97 Å². The summed E-state index contributed by atoms with van der Waals surface area (Å²) in [4.78, 5) is 7.58. The number of aliphatic hydroxyl groups is 1. The van der Waals surface area contributed by atoms with E-state index in [1.165, 1.54) is 6.33 Å². The zero-order valence-corrected chi connectivity index (χ0v) is 5.57. The quantitative estimate of drug-likeness (QED) is 0.388. The first-order valence-electron chi connectivity index (χ1n) is 3.09. The van der Waals surface area contributed by atoms with Crippen LogP contribution in [0.1, 0.15) is 0 Å². The van der Waals surface area contributed by atoms with Crippen LogP contribution in [0.4, 0.5) is 17.3 Å². The first kappa shape index (κ1) is 6.17. The maximum Gasteiger partial charge on any atom is 0.204 e. The molecule has 1 aliphatic heterocycles. The normalized spacial score (nSPS) is 20.3. The summed E-state index contributed by atoms with van der Waals surface area (Å²) in [5.41, 5.74) is 6.02. The van der Waals surface area contributed by atoms with Crippen LogP contribution in [0.2, 0.25) is 0 Å². The molecule has 2 heterocycles. The molecule has 0 amide bonds. The number of nitrogen functional groups attached to an aromatic ring is 1. The number of fused-ring (bicyclic) bond motifs is 1. The lowest BCUT2D eigenvalue weighted by Crippen LogP contribution is -2.20. The Kier molecular flexibility index (Phi) is 1.10. The maximum atomic E-state index is 9.03. The third kappa shape index (κ3) is 0.838. The zero-order chi connectivity index (χ0) is 7.84. The summed E-state index contributed by atoms with van der Waals surface area (Å²) < 4.78 is 0. The van der Waals surface area contributed by atoms with Crippen molar-refractivity contribution in [1.29, 1.82) is 0 Å². The van der Waals surface area contributed by atoms with E-state index in [9.17, 15) is 0 Å². The highest BCUT2D eigenvalue weighted by molar-refractivity contribution is 5.79. The minimum Gasteiger partial charge on any atom is -0.382 e. The molecule has 1 aromatic rings. The second-order valence-corrected chi connectivity index (χ2v) is 2.17. The van der Waals surface area contributed by atoms with Crippen LogP contribution in [0.3, 0.4) is 0 Å². The van der Waals surface area contributed by atoms with Gasteiger partial charge in [-0.2, -0.15) is 0 Å². The van der Waals surface area contributed by atoms with Gasteiger partial charge in [-0.3, -0.25) is 0 Å². The van der Waals surface area contributed by atoms with Crippen molar-refractivity contribution >= 4 is 17.3 Å². The summed E-state index contributed by atoms with van der Waals surface area (Å²) in [5, 5.41) is 14.3. The standard InChI is InChI=1S/C5H7N5O/c6-3-2-4(8-1-7-3)10-5(11)9-2/h1,5,9,11H,(H3,6,7,8,10). The lowest BCUT2D eigenvalue weighted by atomic mass is 10.4. The van der Waals surface area contributed by atoms with Gasteiger partial charge in [0.15, 0.2) is 11.6 Å². The summed E-state index contributed by atoms with van der Waals surface area (Å²) in [7, 11) is 0. The predicted molar refractivity (Wildman–Crippen MR) is 39.7 cm³/mol. The number of nitrogens with two attached hydrogens (primary N) is 1. The van der Waals surface area contributed by atoms with Crippen LogP contribution < -0.4 is 16.4 Å². The first-order valence-corrected chi connectivity index (χ1v) is 3.09. The van der Waals surface area contributed by atoms with Gasteiger partial charge in [-0.25, -0.2) is 9.97 Å². The lowest BCUT2D eigenvalue weighted by molar-refractivity contribution is 0.238. The Morgan fingerprint density at radius 1 is 1.45 bits per heavy atom. The van der Waals surface area contributed by atoms with Crippen molar-refractivity contribution in [2.24, 2.45) is 0 Å². The van der Waals surface area contributed by atoms with Gasteiger partial charge >= 0.3 is 0 Å². The van der Waals surface area contributed by atoms with E-state index in [4.69, 9.17) is 10.8 Å². The van der Waals surface area contributed by atoms with E-state index in [2.05, 4.69) is 20.6 Å². The minimum atomic E-state index is -0.816. The number of aliphatic hydroxyl groups excluding tert-OH is 1. The van der Waals surface area contributed by atoms with Gasteiger partial charge in [0.2, 0.25) is 6.35 Å². The van der Waals surface area contributed by atoms with Crippen LogP contribution in [0.15, 0.2) is 6.33 Å². The molecule has 1 atom stereocenters. The molecule has 1 aliphatic rings. The highest BCUT2D eigenvalue weighted by atomic mass is 16.3. The second-order valence-electron chi connectivity index (χ2n) is 2.17. The lowest BCUT2D eigenvalue weighted by Gasteiger charge is -2.00. The third-order valence-electron chi connectivity index (χ3n) is 1.43. The Balaban J connectivity index is 2.49. The van der Waals surface area contributed by atoms with E-state index < -0.39 is 6.35 Å². The van der Waals surface area contributed by atoms with Gasteiger partial charge in [0, 0.05) is 0 Å². The van der Waals surface area contributed by atoms with E-state index in [1.54, 1.807) is 0 Å². The summed E-state index contributed by atoms with van der Waals surface area (Å²) in [6.45, 7) is 0. The van der Waals surface area contributed by atoms with Gasteiger partial charge < -0.3 is 21.5 Å². The van der Waals surface area contributed by atoms with E-state index in [-0.39, 0.29) is 0 Å². The Morgan fingerprint density at radius 2 is 2.27 bits per heavy atom. The fourth-order valence-corrected chi connectivity index (χ4v) is 0.953. The molecule has 0 saturated carbocycles. The van der Waals surface area contributed by atoms with Crippen molar-refractivity contribution in [2.75, 3.05) is 16.4 Å². The monoisotopic (exact) mass is 153 g/mol. The van der Waals surface area contributed by atoms with E-state index in [0.717, 1.165) is 0 Å². The van der Waals surface area contributed by atoms with Crippen LogP contribution in [0, 0.1) is 0 Å². The molecule has 0 bridgehead atoms. The molecule has 6 heteroatoms. The molecular formula is C5H7N5O. The average molecular weight is 153 g/mol. The molecule has 6 nitrogen and oxygen atoms in total. The minimum absolute atomic E-state index is 0.332. The Morgan fingerprint density at radius 3 is 3.00 bits per heavy atom. The van der Waals surface area contributed by atoms with Crippen LogP contribution in [0.25, 0.3) is 0 Å². The molecule has 1 unspecified atom stereocenters. The molecule has 1 aromatic heterocycles. The molecule has 0 saturated heterocycles. The number of hydrogen-bond donors (Lipinski definition) is 4. The predicted octanol–water partition coefficient (Wildman–Crippen LogP) is -0.828. The van der Waals surface area contributed by atoms with Crippen LogP contribution in [-0.2, 0) is 0 Å². The van der Waals surface area contributed by atoms with E-state index in [1.807, 2.05) is 0 Å². The molecule has 0 aromatic carbocycles. The van der Waals surface area contributed by atoms with E-state index in [0.29, 0.717) is 17.3 Å². The van der Waals surface area contributed by atoms with Crippen molar-refractivity contribution in [3.8, 4) is 0 Å². The number of hydrogen-bond acceptors (Lipinski definition) is 6. The van der Waals surface area contributed by atoms with Gasteiger partial charge in [0.1, 0.15) is 12.0 Å². The SMILES string of the molecule is Nc1ncnc2c1NC(O)N2. The summed E-state index contributed by atoms with van der Waals surface area (Å²) in [6, 6.07) is 0. The molecule has 0 fully saturated rings. The van der Waals surface area contributed by atoms with Gasteiger partial charge in [-0.1, -0.05) is 0 Å². The molecule has 0 radical (unpaired) electrons. The first-order chi connectivity index (χ1) is 5.27. The largest absolute Gasteiger partial charge is 0.382 e. The Bertz CT molecular complexity index is 288. The van der Waals surface area contributed by atoms with Crippen LogP contribution in [0.5, 0.6) is 0 Å². The highest BCUT2D eigenvalue weighted by Crippen LogP contribution is 2.28. The van der Waals surface area contributed by atoms with Gasteiger partial charge in [-0.15, -0.1) is 0 Å². The molecule has 0 aliphatic carbocycles. The zero-order valence-electron chi connectivity index (χ0n) is 5.57. The smallest absolute Gasteiger partial charge is 0.204 e. The van der Waals surface area contributed by atoms with Crippen molar-refractivity contribution in [3.63, 3.8) is 0 Å². The second kappa shape index (κ2) is 1.96. The van der Waals surface area contributed by atoms with Crippen LogP contribution in [-0.4, -0.2) is 21.4 Å². The summed E-state index contributed by atoms with van der Waals surface area (Å²) in [6.07, 6.45) is 0.518. The van der Waals surface area contributed by atoms with Gasteiger partial charge in [0.25, 0.3) is 0 Å². The van der Waals surface area contributed by atoms with Gasteiger partial charge in [-0.05, 0) is 0 Å². The molecule has 0 spiro atoms. The Hall–Kier alpha value is -1.56. The van der Waals surface area contributed by atoms with Crippen molar-refractivity contribution in [2.45, 2.75) is 6.35 Å². The van der Waals surface area contributed by atoms with Crippen LogP contribution >= 0.6 is 0 Å². The topological polar surface area (TPSA) is 96.1 Å². The average Bonchev–Trinajstić information content (AvgIpc) is 2.31. The molecule has 11 heavy (non-hydrogen) atoms. The summed E-state index contributed by atoms with van der Waals surface area (Å²) >= 11 is 0. The maximum absolute atomic E-state index is 9.03. The fourth-order valence-electron chi connectivity index (χ4n) is 0.953. The van der Waals surface area contributed by atoms with E-state index >= 15 is 0 Å². The number of anilines is 3. The third-order valence-corrected chi connectivity index (χ3v) is 1.43. The van der Waals surface area contributed by atoms with Gasteiger partial charge in [0.05, 0.1) is 0 Å².